The van der Waals surface area contributed by atoms with Crippen LogP contribution >= 0.6 is 0 Å². The molecule has 2 aliphatic heterocycles. The van der Waals surface area contributed by atoms with Crippen LogP contribution < -0.4 is 20.5 Å². The molecular weight excluding hydrogens is 334 g/mol. The van der Waals surface area contributed by atoms with E-state index in [-0.39, 0.29) is 23.8 Å². The van der Waals surface area contributed by atoms with Crippen LogP contribution in [0.4, 0.5) is 0 Å². The number of hydrogen-bond acceptors (Lipinski definition) is 5. The van der Waals surface area contributed by atoms with Crippen LogP contribution in [0.3, 0.4) is 0 Å². The number of nitrogens with one attached hydrogen (secondary N) is 1. The van der Waals surface area contributed by atoms with Crippen molar-refractivity contribution in [3.8, 4) is 11.5 Å². The van der Waals surface area contributed by atoms with Gasteiger partial charge in [0.05, 0.1) is 19.6 Å². The molecule has 1 aromatic rings. The quantitative estimate of drug-likeness (QED) is 0.742. The SMILES string of the molecule is COc1ccc(C(=O)N2C[C@@H]3CCC[C@H](C2)C(=O)N3)cc1OCCCN. The zero-order chi connectivity index (χ0) is 18.5. The lowest BCUT2D eigenvalue weighted by atomic mass is 9.98. The van der Waals surface area contributed by atoms with Crippen molar-refractivity contribution in [3.05, 3.63) is 23.8 Å². The van der Waals surface area contributed by atoms with E-state index in [1.807, 2.05) is 0 Å². The molecule has 2 amide bonds. The fraction of sp³-hybridized carbons (Fsp3) is 0.579. The number of methoxy groups -OCH3 is 1. The summed E-state index contributed by atoms with van der Waals surface area (Å²) in [4.78, 5) is 27.0. The minimum absolute atomic E-state index is 0.0393. The highest BCUT2D eigenvalue weighted by Crippen LogP contribution is 2.30. The van der Waals surface area contributed by atoms with Gasteiger partial charge in [0.25, 0.3) is 5.91 Å². The maximum absolute atomic E-state index is 13.0. The second kappa shape index (κ2) is 8.40. The third kappa shape index (κ3) is 4.09. The molecule has 3 rings (SSSR count). The van der Waals surface area contributed by atoms with Crippen molar-refractivity contribution in [2.24, 2.45) is 11.7 Å². The van der Waals surface area contributed by atoms with Crippen molar-refractivity contribution in [1.29, 1.82) is 0 Å². The Labute approximate surface area is 153 Å². The average molecular weight is 361 g/mol. The van der Waals surface area contributed by atoms with E-state index in [0.29, 0.717) is 43.3 Å². The molecule has 7 heteroatoms. The van der Waals surface area contributed by atoms with Crippen molar-refractivity contribution in [2.75, 3.05) is 33.4 Å². The summed E-state index contributed by atoms with van der Waals surface area (Å²) >= 11 is 0. The zero-order valence-corrected chi connectivity index (χ0v) is 15.2. The third-order valence-corrected chi connectivity index (χ3v) is 5.01. The van der Waals surface area contributed by atoms with E-state index in [0.717, 1.165) is 25.7 Å². The first-order chi connectivity index (χ1) is 12.6. The summed E-state index contributed by atoms with van der Waals surface area (Å²) in [5, 5.41) is 3.05. The number of nitrogens with zero attached hydrogens (tertiary/aromatic N) is 1. The Hall–Kier alpha value is -2.28. The number of hydrogen-bond donors (Lipinski definition) is 2. The normalized spacial score (nSPS) is 22.4. The summed E-state index contributed by atoms with van der Waals surface area (Å²) in [6.45, 7) is 2.03. The molecular formula is C19H27N3O4. The fourth-order valence-electron chi connectivity index (χ4n) is 3.59. The highest BCUT2D eigenvalue weighted by Gasteiger charge is 2.34. The van der Waals surface area contributed by atoms with E-state index in [9.17, 15) is 9.59 Å². The molecule has 2 fully saturated rings. The van der Waals surface area contributed by atoms with E-state index in [4.69, 9.17) is 15.2 Å². The second-order valence-electron chi connectivity index (χ2n) is 6.90. The van der Waals surface area contributed by atoms with E-state index in [2.05, 4.69) is 5.32 Å². The number of carbonyl (C=O) groups is 2. The van der Waals surface area contributed by atoms with Gasteiger partial charge in [-0.1, -0.05) is 6.42 Å². The van der Waals surface area contributed by atoms with Gasteiger partial charge >= 0.3 is 0 Å². The van der Waals surface area contributed by atoms with Gasteiger partial charge in [0, 0.05) is 24.7 Å². The molecule has 0 aromatic heterocycles. The Morgan fingerprint density at radius 3 is 2.92 bits per heavy atom. The number of nitrogens with two attached hydrogens (primary N) is 1. The summed E-state index contributed by atoms with van der Waals surface area (Å²) in [6.07, 6.45) is 3.51. The molecule has 2 heterocycles. The Morgan fingerprint density at radius 1 is 1.31 bits per heavy atom. The summed E-state index contributed by atoms with van der Waals surface area (Å²) in [6, 6.07) is 5.24. The van der Waals surface area contributed by atoms with Gasteiger partial charge < -0.3 is 25.4 Å². The summed E-state index contributed by atoms with van der Waals surface area (Å²) in [5.41, 5.74) is 6.05. The van der Waals surface area contributed by atoms with Crippen LogP contribution in [-0.2, 0) is 4.79 Å². The van der Waals surface area contributed by atoms with Gasteiger partial charge in [-0.15, -0.1) is 0 Å². The molecule has 1 aromatic carbocycles. The minimum atomic E-state index is -0.120. The first-order valence-corrected chi connectivity index (χ1v) is 9.23. The summed E-state index contributed by atoms with van der Waals surface area (Å²) in [7, 11) is 1.57. The molecule has 2 aliphatic rings. The number of ether oxygens (including phenoxy) is 2. The van der Waals surface area contributed by atoms with E-state index < -0.39 is 0 Å². The van der Waals surface area contributed by atoms with E-state index in [1.165, 1.54) is 0 Å². The van der Waals surface area contributed by atoms with Crippen LogP contribution in [0.5, 0.6) is 11.5 Å². The lowest BCUT2D eigenvalue weighted by molar-refractivity contribution is -0.124. The van der Waals surface area contributed by atoms with Gasteiger partial charge in [-0.05, 0) is 44.0 Å². The minimum Gasteiger partial charge on any atom is -0.493 e. The van der Waals surface area contributed by atoms with Crippen LogP contribution in [0.25, 0.3) is 0 Å². The Morgan fingerprint density at radius 2 is 2.15 bits per heavy atom. The molecule has 0 aliphatic carbocycles. The maximum atomic E-state index is 13.0. The first-order valence-electron chi connectivity index (χ1n) is 9.23. The van der Waals surface area contributed by atoms with Crippen LogP contribution in [-0.4, -0.2) is 56.1 Å². The molecule has 2 atom stereocenters. The van der Waals surface area contributed by atoms with E-state index >= 15 is 0 Å². The highest BCUT2D eigenvalue weighted by molar-refractivity contribution is 5.95. The molecule has 0 radical (unpaired) electrons. The second-order valence-corrected chi connectivity index (χ2v) is 6.90. The van der Waals surface area contributed by atoms with Crippen LogP contribution in [0.2, 0.25) is 0 Å². The van der Waals surface area contributed by atoms with Gasteiger partial charge in [-0.3, -0.25) is 9.59 Å². The number of benzene rings is 1. The molecule has 3 N–H and O–H groups in total. The lowest BCUT2D eigenvalue weighted by Crippen LogP contribution is -2.41. The third-order valence-electron chi connectivity index (χ3n) is 5.01. The molecule has 26 heavy (non-hydrogen) atoms. The number of likely N-dealkylation sites (tertiary alicyclic amines) is 1. The number of rotatable bonds is 6. The molecule has 0 saturated carbocycles. The van der Waals surface area contributed by atoms with Crippen LogP contribution in [0.15, 0.2) is 18.2 Å². The van der Waals surface area contributed by atoms with Crippen molar-refractivity contribution in [3.63, 3.8) is 0 Å². The molecule has 0 unspecified atom stereocenters. The fourth-order valence-corrected chi connectivity index (χ4v) is 3.59. The predicted molar refractivity (Wildman–Crippen MR) is 97.3 cm³/mol. The Balaban J connectivity index is 1.78. The summed E-state index contributed by atoms with van der Waals surface area (Å²) < 4.78 is 11.0. The van der Waals surface area contributed by atoms with Crippen molar-refractivity contribution < 1.29 is 19.1 Å². The number of amides is 2. The van der Waals surface area contributed by atoms with Crippen molar-refractivity contribution in [2.45, 2.75) is 31.7 Å². The van der Waals surface area contributed by atoms with Crippen LogP contribution in [0, 0.1) is 5.92 Å². The van der Waals surface area contributed by atoms with Gasteiger partial charge in [0.2, 0.25) is 5.91 Å². The van der Waals surface area contributed by atoms with Gasteiger partial charge in [0.1, 0.15) is 0 Å². The Bertz CT molecular complexity index is 664. The van der Waals surface area contributed by atoms with Crippen molar-refractivity contribution >= 4 is 11.8 Å². The van der Waals surface area contributed by atoms with Gasteiger partial charge in [0.15, 0.2) is 11.5 Å². The zero-order valence-electron chi connectivity index (χ0n) is 15.2. The molecule has 2 saturated heterocycles. The topological polar surface area (TPSA) is 93.9 Å². The lowest BCUT2D eigenvalue weighted by Gasteiger charge is -2.27. The molecule has 2 bridgehead atoms. The largest absolute Gasteiger partial charge is 0.493 e. The summed E-state index contributed by atoms with van der Waals surface area (Å²) in [5.74, 6) is 0.997. The molecule has 0 spiro atoms. The van der Waals surface area contributed by atoms with Crippen LogP contribution in [0.1, 0.15) is 36.0 Å². The average Bonchev–Trinajstić information content (AvgIpc) is 2.89. The molecule has 142 valence electrons. The molecule has 7 nitrogen and oxygen atoms in total. The number of carbonyl (C=O) groups excluding carboxylic acids is 2. The standard InChI is InChI=1S/C19H27N3O4/c1-25-16-7-6-13(10-17(16)26-9-3-8-20)19(24)22-11-14-4-2-5-15(12-22)21-18(14)23/h6-7,10,14-15H,2-5,8-9,11-12,20H2,1H3,(H,21,23)/t14-,15+/m1/s1. The van der Waals surface area contributed by atoms with E-state index in [1.54, 1.807) is 30.2 Å². The van der Waals surface area contributed by atoms with Crippen molar-refractivity contribution in [1.82, 2.24) is 10.2 Å². The smallest absolute Gasteiger partial charge is 0.254 e. The highest BCUT2D eigenvalue weighted by atomic mass is 16.5. The van der Waals surface area contributed by atoms with Gasteiger partial charge in [-0.2, -0.15) is 0 Å². The maximum Gasteiger partial charge on any atom is 0.254 e. The first kappa shape index (κ1) is 18.5. The van der Waals surface area contributed by atoms with Gasteiger partial charge in [-0.25, -0.2) is 0 Å². The monoisotopic (exact) mass is 361 g/mol. The Kier molecular flexibility index (Phi) is 5.98. The number of fused-ring (bicyclic) bond motifs is 3. The predicted octanol–water partition coefficient (Wildman–Crippen LogP) is 1.16.